The van der Waals surface area contributed by atoms with Crippen LogP contribution in [0.3, 0.4) is 0 Å². The summed E-state index contributed by atoms with van der Waals surface area (Å²) < 4.78 is 33.8. The summed E-state index contributed by atoms with van der Waals surface area (Å²) in [5, 5.41) is 6.81. The molecule has 0 unspecified atom stereocenters. The number of nitrogens with one attached hydrogen (secondary N) is 1. The van der Waals surface area contributed by atoms with E-state index in [4.69, 9.17) is 4.74 Å². The van der Waals surface area contributed by atoms with Gasteiger partial charge in [-0.2, -0.15) is 11.3 Å². The second-order valence-electron chi connectivity index (χ2n) is 7.61. The topological polar surface area (TPSA) is 63.6 Å². The van der Waals surface area contributed by atoms with E-state index in [9.17, 15) is 18.4 Å². The zero-order valence-electron chi connectivity index (χ0n) is 17.6. The van der Waals surface area contributed by atoms with E-state index in [0.717, 1.165) is 11.6 Å². The Morgan fingerprint density at radius 2 is 1.97 bits per heavy atom. The van der Waals surface area contributed by atoms with Gasteiger partial charge in [-0.25, -0.2) is 8.78 Å². The van der Waals surface area contributed by atoms with Crippen molar-refractivity contribution in [3.05, 3.63) is 85.5 Å². The molecule has 0 atom stereocenters. The predicted molar refractivity (Wildman–Crippen MR) is 118 cm³/mol. The third-order valence-corrected chi connectivity index (χ3v) is 6.29. The monoisotopic (exact) mass is 459 g/mol. The van der Waals surface area contributed by atoms with Gasteiger partial charge in [0, 0.05) is 50.9 Å². The fourth-order valence-electron chi connectivity index (χ4n) is 3.92. The van der Waals surface area contributed by atoms with Crippen LogP contribution in [0.1, 0.15) is 27.2 Å². The van der Waals surface area contributed by atoms with Gasteiger partial charge in [-0.05, 0) is 40.1 Å². The molecule has 9 heteroatoms. The lowest BCUT2D eigenvalue weighted by atomic mass is 10.1. The van der Waals surface area contributed by atoms with Crippen molar-refractivity contribution in [2.24, 2.45) is 0 Å². The summed E-state index contributed by atoms with van der Waals surface area (Å²) in [5.41, 5.74) is 2.38. The second-order valence-corrected chi connectivity index (χ2v) is 8.39. The summed E-state index contributed by atoms with van der Waals surface area (Å²) in [4.78, 5) is 27.8. The van der Waals surface area contributed by atoms with Gasteiger partial charge in [-0.3, -0.25) is 14.5 Å². The third-order valence-electron chi connectivity index (χ3n) is 5.56. The average molecular weight is 460 g/mol. The Hall–Kier alpha value is -3.04. The Morgan fingerprint density at radius 3 is 2.69 bits per heavy atom. The highest BCUT2D eigenvalue weighted by Gasteiger charge is 2.25. The lowest BCUT2D eigenvalue weighted by Crippen LogP contribution is -2.31. The van der Waals surface area contributed by atoms with E-state index in [1.165, 1.54) is 19.2 Å². The number of hydrogen-bond donors (Lipinski definition) is 1. The molecule has 1 aliphatic heterocycles. The lowest BCUT2D eigenvalue weighted by Gasteiger charge is -2.19. The number of carbonyl (C=O) groups is 1. The minimum atomic E-state index is -0.883. The van der Waals surface area contributed by atoms with Gasteiger partial charge in [-0.15, -0.1) is 0 Å². The van der Waals surface area contributed by atoms with Crippen LogP contribution in [0.15, 0.2) is 45.9 Å². The number of methoxy groups -OCH3 is 1. The Labute approximate surface area is 188 Å². The highest BCUT2D eigenvalue weighted by molar-refractivity contribution is 7.07. The maximum atomic E-state index is 13.6. The van der Waals surface area contributed by atoms with Crippen LogP contribution in [0.2, 0.25) is 0 Å². The maximum absolute atomic E-state index is 13.6. The van der Waals surface area contributed by atoms with Crippen LogP contribution in [0.4, 0.5) is 8.78 Å². The SMILES string of the molecule is COc1cc(=O)n2c(c1C(=O)NCc1ccsc1)CCN(Cc1ccc(F)c(F)c1)CC2. The first-order valence-electron chi connectivity index (χ1n) is 10.2. The molecule has 0 saturated carbocycles. The summed E-state index contributed by atoms with van der Waals surface area (Å²) in [5.74, 6) is -1.82. The fourth-order valence-corrected chi connectivity index (χ4v) is 4.59. The van der Waals surface area contributed by atoms with Gasteiger partial charge in [0.1, 0.15) is 11.3 Å². The first-order valence-corrected chi connectivity index (χ1v) is 11.2. The van der Waals surface area contributed by atoms with Crippen LogP contribution in [0.5, 0.6) is 5.75 Å². The van der Waals surface area contributed by atoms with Crippen molar-refractivity contribution < 1.29 is 18.3 Å². The number of nitrogens with zero attached hydrogens (tertiary/aromatic N) is 2. The van der Waals surface area contributed by atoms with Gasteiger partial charge in [0.2, 0.25) is 0 Å². The summed E-state index contributed by atoms with van der Waals surface area (Å²) in [7, 11) is 1.44. The van der Waals surface area contributed by atoms with Crippen LogP contribution < -0.4 is 15.6 Å². The standard InChI is InChI=1S/C23H23F2N3O3S/c1-31-20-11-21(29)28-8-7-27(13-15-2-3-17(24)18(25)10-15)6-4-19(28)22(20)23(30)26-12-16-5-9-32-14-16/h2-3,5,9-11,14H,4,6-8,12-13H2,1H3,(H,26,30). The van der Waals surface area contributed by atoms with E-state index in [0.29, 0.717) is 56.0 Å². The van der Waals surface area contributed by atoms with Crippen molar-refractivity contribution in [2.45, 2.75) is 26.1 Å². The van der Waals surface area contributed by atoms with Crippen LogP contribution in [0.25, 0.3) is 0 Å². The number of ether oxygens (including phenoxy) is 1. The second kappa shape index (κ2) is 9.62. The molecule has 1 aromatic carbocycles. The Balaban J connectivity index is 1.57. The summed E-state index contributed by atoms with van der Waals surface area (Å²) in [6, 6.07) is 7.13. The van der Waals surface area contributed by atoms with E-state index in [-0.39, 0.29) is 17.2 Å². The van der Waals surface area contributed by atoms with Gasteiger partial charge in [-0.1, -0.05) is 6.07 Å². The zero-order chi connectivity index (χ0) is 22.7. The van der Waals surface area contributed by atoms with E-state index in [1.807, 2.05) is 16.8 Å². The molecular weight excluding hydrogens is 436 g/mol. The predicted octanol–water partition coefficient (Wildman–Crippen LogP) is 3.18. The van der Waals surface area contributed by atoms with Crippen molar-refractivity contribution in [1.82, 2.24) is 14.8 Å². The molecule has 0 radical (unpaired) electrons. The van der Waals surface area contributed by atoms with Crippen molar-refractivity contribution in [3.63, 3.8) is 0 Å². The molecule has 0 fully saturated rings. The molecule has 0 bridgehead atoms. The van der Waals surface area contributed by atoms with Crippen molar-refractivity contribution in [3.8, 4) is 5.75 Å². The van der Waals surface area contributed by atoms with Crippen LogP contribution in [-0.4, -0.2) is 35.6 Å². The van der Waals surface area contributed by atoms with Gasteiger partial charge >= 0.3 is 0 Å². The lowest BCUT2D eigenvalue weighted by molar-refractivity contribution is 0.0945. The molecule has 1 N–H and O–H groups in total. The highest BCUT2D eigenvalue weighted by atomic mass is 32.1. The first-order chi connectivity index (χ1) is 15.5. The fraction of sp³-hybridized carbons (Fsp3) is 0.304. The number of fused-ring (bicyclic) bond motifs is 1. The molecule has 1 aliphatic rings. The number of carbonyl (C=O) groups excluding carboxylic acids is 1. The zero-order valence-corrected chi connectivity index (χ0v) is 18.4. The van der Waals surface area contributed by atoms with Crippen molar-refractivity contribution in [2.75, 3.05) is 20.2 Å². The van der Waals surface area contributed by atoms with Gasteiger partial charge in [0.05, 0.1) is 7.11 Å². The largest absolute Gasteiger partial charge is 0.496 e. The first kappa shape index (κ1) is 22.2. The minimum Gasteiger partial charge on any atom is -0.496 e. The van der Waals surface area contributed by atoms with E-state index in [1.54, 1.807) is 22.0 Å². The van der Waals surface area contributed by atoms with E-state index in [2.05, 4.69) is 10.2 Å². The number of hydrogen-bond acceptors (Lipinski definition) is 5. The molecule has 0 spiro atoms. The molecule has 2 aromatic heterocycles. The smallest absolute Gasteiger partial charge is 0.257 e. The van der Waals surface area contributed by atoms with Crippen LogP contribution in [0, 0.1) is 11.6 Å². The number of thiophene rings is 1. The molecule has 6 nitrogen and oxygen atoms in total. The average Bonchev–Trinajstić information content (AvgIpc) is 3.22. The summed E-state index contributed by atoms with van der Waals surface area (Å²) in [6.07, 6.45) is 0.442. The maximum Gasteiger partial charge on any atom is 0.257 e. The molecule has 3 aromatic rings. The molecule has 3 heterocycles. The molecular formula is C23H23F2N3O3S. The third kappa shape index (κ3) is 4.73. The normalized spacial score (nSPS) is 14.0. The Kier molecular flexibility index (Phi) is 6.66. The summed E-state index contributed by atoms with van der Waals surface area (Å²) >= 11 is 1.55. The number of benzene rings is 1. The van der Waals surface area contributed by atoms with Gasteiger partial charge in [0.15, 0.2) is 11.6 Å². The van der Waals surface area contributed by atoms with Crippen LogP contribution in [-0.2, 0) is 26.1 Å². The molecule has 1 amide bonds. The minimum absolute atomic E-state index is 0.235. The number of aromatic nitrogens is 1. The molecule has 32 heavy (non-hydrogen) atoms. The number of rotatable bonds is 6. The molecule has 0 saturated heterocycles. The highest BCUT2D eigenvalue weighted by Crippen LogP contribution is 2.23. The number of halogens is 2. The molecule has 0 aliphatic carbocycles. The molecule has 4 rings (SSSR count). The van der Waals surface area contributed by atoms with Crippen LogP contribution >= 0.6 is 11.3 Å². The quantitative estimate of drug-likeness (QED) is 0.615. The summed E-state index contributed by atoms with van der Waals surface area (Å²) in [6.45, 7) is 2.26. The Bertz CT molecular complexity index is 1180. The van der Waals surface area contributed by atoms with E-state index >= 15 is 0 Å². The Morgan fingerprint density at radius 1 is 1.12 bits per heavy atom. The van der Waals surface area contributed by atoms with Gasteiger partial charge < -0.3 is 14.6 Å². The molecule has 168 valence electrons. The van der Waals surface area contributed by atoms with E-state index < -0.39 is 11.6 Å². The van der Waals surface area contributed by atoms with Crippen molar-refractivity contribution >= 4 is 17.2 Å². The van der Waals surface area contributed by atoms with Gasteiger partial charge in [0.25, 0.3) is 11.5 Å². The number of pyridine rings is 1. The van der Waals surface area contributed by atoms with Crippen molar-refractivity contribution in [1.29, 1.82) is 0 Å². The number of amides is 1.